The quantitative estimate of drug-likeness (QED) is 0.292. The van der Waals surface area contributed by atoms with Gasteiger partial charge in [0.1, 0.15) is 12.2 Å². The van der Waals surface area contributed by atoms with E-state index in [1.54, 1.807) is 0 Å². The molecule has 1 unspecified atom stereocenters. The van der Waals surface area contributed by atoms with Gasteiger partial charge < -0.3 is 30.3 Å². The van der Waals surface area contributed by atoms with Crippen molar-refractivity contribution in [2.75, 3.05) is 0 Å². The van der Waals surface area contributed by atoms with Gasteiger partial charge >= 0.3 is 10.4 Å². The molecular weight excluding hydrogens is 264 g/mol. The van der Waals surface area contributed by atoms with Crippen LogP contribution in [0.2, 0.25) is 0 Å². The van der Waals surface area contributed by atoms with Crippen molar-refractivity contribution in [1.82, 2.24) is 0 Å². The van der Waals surface area contributed by atoms with Crippen LogP contribution in [0.25, 0.3) is 0 Å². The smallest absolute Gasteiger partial charge is 0.384 e. The first-order valence-electron chi connectivity index (χ1n) is 4.41. The number of hydrogen-bond donors (Lipinski definition) is 5. The number of rotatable bonds is 0. The molecule has 2 fully saturated rings. The molecule has 10 nitrogen and oxygen atoms in total. The number of hydrogen-bond acceptors (Lipinski definition) is 10. The average Bonchev–Trinajstić information content (AvgIpc) is 2.22. The van der Waals surface area contributed by atoms with Gasteiger partial charge in [0.2, 0.25) is 12.1 Å². The van der Waals surface area contributed by atoms with Gasteiger partial charge in [-0.25, -0.2) is 8.37 Å². The van der Waals surface area contributed by atoms with Crippen LogP contribution in [-0.4, -0.2) is 70.6 Å². The highest BCUT2D eigenvalue weighted by molar-refractivity contribution is 7.81. The lowest BCUT2D eigenvalue weighted by Crippen LogP contribution is -2.68. The summed E-state index contributed by atoms with van der Waals surface area (Å²) in [5, 5.41) is 47.1. The van der Waals surface area contributed by atoms with Gasteiger partial charge in [-0.2, -0.15) is 8.42 Å². The maximum Gasteiger partial charge on any atom is 0.405 e. The minimum Gasteiger partial charge on any atom is -0.384 e. The van der Waals surface area contributed by atoms with E-state index in [2.05, 4.69) is 13.1 Å². The van der Waals surface area contributed by atoms with E-state index in [1.807, 2.05) is 0 Å². The summed E-state index contributed by atoms with van der Waals surface area (Å²) in [7, 11) is -4.88. The highest BCUT2D eigenvalue weighted by atomic mass is 32.3. The number of fused-ring (bicyclic) bond motifs is 2. The predicted octanol–water partition coefficient (Wildman–Crippen LogP) is -4.28. The first kappa shape index (κ1) is 13.1. The molecule has 100 valence electrons. The van der Waals surface area contributed by atoms with Gasteiger partial charge in [0.25, 0.3) is 0 Å². The van der Waals surface area contributed by atoms with Crippen LogP contribution >= 0.6 is 0 Å². The Morgan fingerprint density at radius 1 is 1.00 bits per heavy atom. The highest BCUT2D eigenvalue weighted by Gasteiger charge is 2.63. The van der Waals surface area contributed by atoms with Gasteiger partial charge in [0.15, 0.2) is 12.4 Å². The second-order valence-corrected chi connectivity index (χ2v) is 4.79. The molecule has 0 aromatic heterocycles. The Hall–Kier alpha value is -0.370. The van der Waals surface area contributed by atoms with Gasteiger partial charge in [-0.05, 0) is 0 Å². The molecule has 5 N–H and O–H groups in total. The summed E-state index contributed by atoms with van der Waals surface area (Å²) in [6.07, 6.45) is -10.5. The molecule has 11 heteroatoms. The largest absolute Gasteiger partial charge is 0.405 e. The maximum absolute atomic E-state index is 11.1. The molecule has 0 saturated carbocycles. The van der Waals surface area contributed by atoms with Crippen LogP contribution in [0, 0.1) is 0 Å². The summed E-state index contributed by atoms with van der Waals surface area (Å²) >= 11 is 0. The van der Waals surface area contributed by atoms with Gasteiger partial charge in [-0.15, -0.1) is 0 Å². The Morgan fingerprint density at radius 3 is 2.18 bits per heavy atom. The van der Waals surface area contributed by atoms with Gasteiger partial charge in [0.05, 0.1) is 0 Å². The van der Waals surface area contributed by atoms with Crippen molar-refractivity contribution in [1.29, 1.82) is 0 Å². The molecular formula is C6H10O10S. The van der Waals surface area contributed by atoms with Crippen LogP contribution in [-0.2, 0) is 23.5 Å². The predicted molar refractivity (Wildman–Crippen MR) is 44.9 cm³/mol. The third kappa shape index (κ3) is 1.95. The fourth-order valence-electron chi connectivity index (χ4n) is 1.60. The van der Waals surface area contributed by atoms with Crippen LogP contribution in [0.3, 0.4) is 0 Å². The van der Waals surface area contributed by atoms with Crippen molar-refractivity contribution >= 4 is 10.4 Å². The molecule has 2 rings (SSSR count). The number of aliphatic hydroxyl groups excluding tert-OH is 4. The van der Waals surface area contributed by atoms with Crippen LogP contribution in [0.15, 0.2) is 0 Å². The van der Waals surface area contributed by atoms with Gasteiger partial charge in [0, 0.05) is 0 Å². The van der Waals surface area contributed by atoms with Gasteiger partial charge in [-0.1, -0.05) is 0 Å². The Kier molecular flexibility index (Phi) is 2.93. The SMILES string of the molecule is O=S1(=O)OC(O)[C@H]2O[C@H](O)[C@H](O)[C@](O)(O1)[C@H]2O. The molecule has 2 aliphatic rings. The summed E-state index contributed by atoms with van der Waals surface area (Å²) in [4.78, 5) is 0. The molecule has 2 heterocycles. The molecule has 17 heavy (non-hydrogen) atoms. The monoisotopic (exact) mass is 274 g/mol. The van der Waals surface area contributed by atoms with Gasteiger partial charge in [-0.3, -0.25) is 0 Å². The Labute approximate surface area is 94.9 Å². The summed E-state index contributed by atoms with van der Waals surface area (Å²) < 4.78 is 34.7. The zero-order chi connectivity index (χ0) is 13.0. The lowest BCUT2D eigenvalue weighted by Gasteiger charge is -2.43. The second-order valence-electron chi connectivity index (χ2n) is 3.61. The van der Waals surface area contributed by atoms with Crippen molar-refractivity contribution < 1.29 is 47.1 Å². The number of aliphatic hydroxyl groups is 5. The summed E-state index contributed by atoms with van der Waals surface area (Å²) in [6.45, 7) is 0. The maximum atomic E-state index is 11.1. The zero-order valence-electron chi connectivity index (χ0n) is 8.07. The molecule has 0 amide bonds. The number of ether oxygens (including phenoxy) is 1. The second kappa shape index (κ2) is 3.81. The fourth-order valence-corrected chi connectivity index (χ4v) is 2.52. The van der Waals surface area contributed by atoms with Crippen LogP contribution in [0.4, 0.5) is 0 Å². The molecule has 0 radical (unpaired) electrons. The lowest BCUT2D eigenvalue weighted by molar-refractivity contribution is -0.376. The van der Waals surface area contributed by atoms with Crippen molar-refractivity contribution in [3.05, 3.63) is 0 Å². The molecule has 0 aromatic rings. The molecule has 0 aromatic carbocycles. The minimum absolute atomic E-state index is 1.81. The van der Waals surface area contributed by atoms with Crippen molar-refractivity contribution in [2.24, 2.45) is 0 Å². The van der Waals surface area contributed by atoms with E-state index in [9.17, 15) is 34.0 Å². The Balaban J connectivity index is 2.49. The zero-order valence-corrected chi connectivity index (χ0v) is 8.89. The average molecular weight is 274 g/mol. The van der Waals surface area contributed by atoms with E-state index in [1.165, 1.54) is 0 Å². The molecule has 6 atom stereocenters. The van der Waals surface area contributed by atoms with Crippen LogP contribution in [0.1, 0.15) is 0 Å². The van der Waals surface area contributed by atoms with Crippen molar-refractivity contribution in [3.63, 3.8) is 0 Å². The molecule has 2 saturated heterocycles. The fraction of sp³-hybridized carbons (Fsp3) is 1.00. The summed E-state index contributed by atoms with van der Waals surface area (Å²) in [5.41, 5.74) is 0. The third-order valence-corrected chi connectivity index (χ3v) is 3.36. The van der Waals surface area contributed by atoms with E-state index in [-0.39, 0.29) is 0 Å². The van der Waals surface area contributed by atoms with Crippen molar-refractivity contribution in [2.45, 2.75) is 36.7 Å². The van der Waals surface area contributed by atoms with E-state index in [4.69, 9.17) is 0 Å². The normalized spacial score (nSPS) is 54.1. The third-order valence-electron chi connectivity index (χ3n) is 2.46. The van der Waals surface area contributed by atoms with E-state index in [0.717, 1.165) is 0 Å². The van der Waals surface area contributed by atoms with E-state index in [0.29, 0.717) is 0 Å². The first-order valence-corrected chi connectivity index (χ1v) is 5.74. The summed E-state index contributed by atoms with van der Waals surface area (Å²) in [5.74, 6) is -3.07. The minimum atomic E-state index is -4.88. The van der Waals surface area contributed by atoms with E-state index >= 15 is 0 Å². The molecule has 0 aliphatic carbocycles. The highest BCUT2D eigenvalue weighted by Crippen LogP contribution is 2.36. The van der Waals surface area contributed by atoms with Crippen LogP contribution < -0.4 is 0 Å². The molecule has 2 bridgehead atoms. The lowest BCUT2D eigenvalue weighted by atomic mass is 9.94. The first-order chi connectivity index (χ1) is 7.67. The standard InChI is InChI=1S/C6H10O10S/c7-2-1-4(9)15-17(12,13)16-6(2,11)3(8)5(10)14-1/h1-5,7-11H/t1-,2-,3-,4?,5-,6+/m0/s1. The Morgan fingerprint density at radius 2 is 1.59 bits per heavy atom. The van der Waals surface area contributed by atoms with E-state index < -0.39 is 47.1 Å². The molecule has 2 aliphatic heterocycles. The topological polar surface area (TPSA) is 163 Å². The van der Waals surface area contributed by atoms with Crippen molar-refractivity contribution in [3.8, 4) is 0 Å². The summed E-state index contributed by atoms with van der Waals surface area (Å²) in [6, 6.07) is 0. The van der Waals surface area contributed by atoms with Crippen LogP contribution in [0.5, 0.6) is 0 Å². The molecule has 0 spiro atoms. The Bertz CT molecular complexity index is 407.